The van der Waals surface area contributed by atoms with E-state index < -0.39 is 0 Å². The van der Waals surface area contributed by atoms with Gasteiger partial charge in [-0.1, -0.05) is 37.6 Å². The number of phenols is 1. The lowest BCUT2D eigenvalue weighted by Crippen LogP contribution is -2.12. The first kappa shape index (κ1) is 25.0. The predicted molar refractivity (Wildman–Crippen MR) is 136 cm³/mol. The van der Waals surface area contributed by atoms with Gasteiger partial charge in [0.05, 0.1) is 32.5 Å². The normalized spacial score (nSPS) is 11.3. The molecule has 1 heterocycles. The molecule has 0 aliphatic rings. The molecule has 0 saturated carbocycles. The molecule has 0 amide bonds. The van der Waals surface area contributed by atoms with Crippen LogP contribution in [0.2, 0.25) is 0 Å². The lowest BCUT2D eigenvalue weighted by molar-refractivity contribution is 0.394. The van der Waals surface area contributed by atoms with Gasteiger partial charge in [-0.2, -0.15) is 0 Å². The van der Waals surface area contributed by atoms with Crippen LogP contribution in [0.15, 0.2) is 51.2 Å². The Morgan fingerprint density at radius 2 is 1.76 bits per heavy atom. The Hall–Kier alpha value is -3.67. The Bertz CT molecular complexity index is 1310. The Morgan fingerprint density at radius 1 is 1.06 bits per heavy atom. The van der Waals surface area contributed by atoms with Crippen molar-refractivity contribution in [3.63, 3.8) is 0 Å². The molecular formula is C28H32O6. The molecule has 180 valence electrons. The zero-order chi connectivity index (χ0) is 25.0. The number of aromatic hydroxyl groups is 1. The van der Waals surface area contributed by atoms with Crippen molar-refractivity contribution in [2.45, 2.75) is 34.1 Å². The highest BCUT2D eigenvalue weighted by Gasteiger charge is 2.23. The van der Waals surface area contributed by atoms with Crippen molar-refractivity contribution < 1.29 is 23.7 Å². The molecule has 1 aromatic heterocycles. The zero-order valence-electron chi connectivity index (χ0n) is 20.8. The average molecular weight is 465 g/mol. The molecule has 1 N–H and O–H groups in total. The van der Waals surface area contributed by atoms with Crippen molar-refractivity contribution in [3.8, 4) is 34.3 Å². The number of hydrogen-bond donors (Lipinski definition) is 1. The fourth-order valence-electron chi connectivity index (χ4n) is 3.68. The third-order valence-corrected chi connectivity index (χ3v) is 5.49. The molecule has 0 spiro atoms. The number of methoxy groups -OCH3 is 3. The van der Waals surface area contributed by atoms with Crippen LogP contribution in [0.25, 0.3) is 28.4 Å². The number of rotatable bonds is 8. The first-order valence-corrected chi connectivity index (χ1v) is 11.1. The van der Waals surface area contributed by atoms with Crippen molar-refractivity contribution in [2.75, 3.05) is 21.3 Å². The molecule has 0 fully saturated rings. The maximum Gasteiger partial charge on any atom is 0.200 e. The van der Waals surface area contributed by atoms with Crippen LogP contribution in [0.3, 0.4) is 0 Å². The second kappa shape index (κ2) is 10.5. The van der Waals surface area contributed by atoms with Gasteiger partial charge in [-0.25, -0.2) is 0 Å². The molecule has 0 atom stereocenters. The van der Waals surface area contributed by atoms with E-state index in [9.17, 15) is 9.90 Å². The highest BCUT2D eigenvalue weighted by Crippen LogP contribution is 2.40. The average Bonchev–Trinajstić information content (AvgIpc) is 2.81. The van der Waals surface area contributed by atoms with Gasteiger partial charge in [0.25, 0.3) is 0 Å². The van der Waals surface area contributed by atoms with Gasteiger partial charge in [-0.05, 0) is 38.3 Å². The maximum absolute atomic E-state index is 13.8. The monoisotopic (exact) mass is 464 g/mol. The van der Waals surface area contributed by atoms with Crippen LogP contribution in [0.1, 0.15) is 38.8 Å². The molecule has 0 aliphatic carbocycles. The highest BCUT2D eigenvalue weighted by molar-refractivity contribution is 5.92. The van der Waals surface area contributed by atoms with Crippen LogP contribution in [0.5, 0.6) is 23.0 Å². The summed E-state index contributed by atoms with van der Waals surface area (Å²) < 4.78 is 22.7. The van der Waals surface area contributed by atoms with Gasteiger partial charge in [0.15, 0.2) is 0 Å². The first-order chi connectivity index (χ1) is 16.2. The Labute approximate surface area is 200 Å². The lowest BCUT2D eigenvalue weighted by Gasteiger charge is -2.16. The van der Waals surface area contributed by atoms with Gasteiger partial charge in [-0.3, -0.25) is 4.79 Å². The largest absolute Gasteiger partial charge is 0.506 e. The molecule has 3 aromatic rings. The van der Waals surface area contributed by atoms with Gasteiger partial charge < -0.3 is 23.7 Å². The Kier molecular flexibility index (Phi) is 7.72. The standard InChI is InChI=1S/C28H32O6/c1-16(2)8-11-19-23(33-7)15-24-25(26(19)29)27(30)21(12-9-17(3)4)28(34-24)20-13-10-18(31-5)14-22(20)32-6/h8-11,13-16,29H,12H2,1-7H3/b11-8+. The van der Waals surface area contributed by atoms with E-state index in [0.29, 0.717) is 46.1 Å². The fourth-order valence-corrected chi connectivity index (χ4v) is 3.68. The SMILES string of the molecule is COc1ccc(-c2oc3cc(OC)c(/C=C/C(C)C)c(O)c3c(=O)c2CC=C(C)C)c(OC)c1. The van der Waals surface area contributed by atoms with Crippen LogP contribution in [0.4, 0.5) is 0 Å². The second-order valence-electron chi connectivity index (χ2n) is 8.61. The summed E-state index contributed by atoms with van der Waals surface area (Å²) in [6, 6.07) is 6.96. The molecule has 0 radical (unpaired) electrons. The van der Waals surface area contributed by atoms with Gasteiger partial charge in [-0.15, -0.1) is 0 Å². The highest BCUT2D eigenvalue weighted by atomic mass is 16.5. The molecule has 34 heavy (non-hydrogen) atoms. The lowest BCUT2D eigenvalue weighted by atomic mass is 9.98. The first-order valence-electron chi connectivity index (χ1n) is 11.1. The van der Waals surface area contributed by atoms with Gasteiger partial charge in [0, 0.05) is 17.7 Å². The van der Waals surface area contributed by atoms with E-state index in [1.54, 1.807) is 44.6 Å². The summed E-state index contributed by atoms with van der Waals surface area (Å²) in [6.07, 6.45) is 6.01. The predicted octanol–water partition coefficient (Wildman–Crippen LogP) is 6.37. The molecule has 0 bridgehead atoms. The Morgan fingerprint density at radius 3 is 2.35 bits per heavy atom. The van der Waals surface area contributed by atoms with E-state index in [0.717, 1.165) is 5.57 Å². The molecule has 0 unspecified atom stereocenters. The van der Waals surface area contributed by atoms with Gasteiger partial charge in [0.2, 0.25) is 5.43 Å². The van der Waals surface area contributed by atoms with Gasteiger partial charge >= 0.3 is 0 Å². The number of allylic oxidation sites excluding steroid dienone is 3. The minimum atomic E-state index is -0.300. The third kappa shape index (κ3) is 4.96. The number of phenolic OH excluding ortho intramolecular Hbond substituents is 1. The smallest absolute Gasteiger partial charge is 0.200 e. The molecule has 2 aromatic carbocycles. The molecule has 0 aliphatic heterocycles. The number of fused-ring (bicyclic) bond motifs is 1. The maximum atomic E-state index is 13.8. The summed E-state index contributed by atoms with van der Waals surface area (Å²) in [5.74, 6) is 2.01. The van der Waals surface area contributed by atoms with Crippen LogP contribution in [-0.4, -0.2) is 26.4 Å². The van der Waals surface area contributed by atoms with E-state index in [2.05, 4.69) is 0 Å². The minimum Gasteiger partial charge on any atom is -0.506 e. The number of hydrogen-bond acceptors (Lipinski definition) is 6. The van der Waals surface area contributed by atoms with Crippen LogP contribution in [0, 0.1) is 5.92 Å². The van der Waals surface area contributed by atoms with Crippen molar-refractivity contribution in [1.82, 2.24) is 0 Å². The Balaban J connectivity index is 2.42. The summed E-state index contributed by atoms with van der Waals surface area (Å²) in [4.78, 5) is 13.8. The van der Waals surface area contributed by atoms with Crippen molar-refractivity contribution in [2.24, 2.45) is 5.92 Å². The summed E-state index contributed by atoms with van der Waals surface area (Å²) >= 11 is 0. The topological polar surface area (TPSA) is 78.1 Å². The van der Waals surface area contributed by atoms with Crippen LogP contribution >= 0.6 is 0 Å². The van der Waals surface area contributed by atoms with Crippen molar-refractivity contribution >= 4 is 17.0 Å². The van der Waals surface area contributed by atoms with E-state index >= 15 is 0 Å². The van der Waals surface area contributed by atoms with E-state index in [1.807, 2.05) is 39.8 Å². The molecule has 6 heteroatoms. The second-order valence-corrected chi connectivity index (χ2v) is 8.61. The number of ether oxygens (including phenoxy) is 3. The summed E-state index contributed by atoms with van der Waals surface area (Å²) in [5, 5.41) is 11.3. The number of benzene rings is 2. The summed E-state index contributed by atoms with van der Waals surface area (Å²) in [6.45, 7) is 7.99. The van der Waals surface area contributed by atoms with Crippen molar-refractivity contribution in [3.05, 3.63) is 63.3 Å². The van der Waals surface area contributed by atoms with E-state index in [4.69, 9.17) is 18.6 Å². The molecular weight excluding hydrogens is 432 g/mol. The summed E-state index contributed by atoms with van der Waals surface area (Å²) in [5.41, 5.74) is 2.48. The molecule has 0 saturated heterocycles. The van der Waals surface area contributed by atoms with Crippen molar-refractivity contribution in [1.29, 1.82) is 0 Å². The van der Waals surface area contributed by atoms with E-state index in [1.165, 1.54) is 7.11 Å². The summed E-state index contributed by atoms with van der Waals surface area (Å²) in [7, 11) is 4.64. The van der Waals surface area contributed by atoms with E-state index in [-0.39, 0.29) is 28.1 Å². The minimum absolute atomic E-state index is 0.123. The van der Waals surface area contributed by atoms with Gasteiger partial charge in [0.1, 0.15) is 39.7 Å². The van der Waals surface area contributed by atoms with Crippen LogP contribution in [-0.2, 0) is 6.42 Å². The molecule has 3 rings (SSSR count). The third-order valence-electron chi connectivity index (χ3n) is 5.49. The van der Waals surface area contributed by atoms with Crippen LogP contribution < -0.4 is 19.6 Å². The fraction of sp³-hybridized carbons (Fsp3) is 0.321. The molecule has 6 nitrogen and oxygen atoms in total. The zero-order valence-corrected chi connectivity index (χ0v) is 20.8. The quantitative estimate of drug-likeness (QED) is 0.390.